The zero-order valence-electron chi connectivity index (χ0n) is 12.6. The van der Waals surface area contributed by atoms with Crippen molar-refractivity contribution in [2.45, 2.75) is 30.7 Å². The van der Waals surface area contributed by atoms with Crippen molar-refractivity contribution in [2.24, 2.45) is 0 Å². The maximum atomic E-state index is 13.7. The summed E-state index contributed by atoms with van der Waals surface area (Å²) in [4.78, 5) is 2.06. The highest BCUT2D eigenvalue weighted by Gasteiger charge is 2.28. The molecule has 21 heavy (non-hydrogen) atoms. The molecule has 0 aromatic heterocycles. The van der Waals surface area contributed by atoms with Gasteiger partial charge in [-0.15, -0.1) is 0 Å². The summed E-state index contributed by atoms with van der Waals surface area (Å²) in [6, 6.07) is 2.57. The summed E-state index contributed by atoms with van der Waals surface area (Å²) < 4.78 is 40.1. The Hall–Kier alpha value is -1.18. The van der Waals surface area contributed by atoms with Gasteiger partial charge in [0.15, 0.2) is 0 Å². The number of nitrogens with zero attached hydrogens (tertiary/aromatic N) is 2. The van der Waals surface area contributed by atoms with Gasteiger partial charge in [0, 0.05) is 30.9 Å². The molecule has 1 aromatic carbocycles. The fourth-order valence-corrected chi connectivity index (χ4v) is 3.86. The van der Waals surface area contributed by atoms with Gasteiger partial charge in [0.1, 0.15) is 5.82 Å². The lowest BCUT2D eigenvalue weighted by molar-refractivity contribution is 0.271. The molecule has 2 rings (SSSR count). The van der Waals surface area contributed by atoms with Crippen molar-refractivity contribution in [2.75, 3.05) is 32.9 Å². The van der Waals surface area contributed by atoms with Gasteiger partial charge in [-0.3, -0.25) is 0 Å². The number of likely N-dealkylation sites (tertiary alicyclic amines) is 1. The summed E-state index contributed by atoms with van der Waals surface area (Å²) in [7, 11) is -0.214. The van der Waals surface area contributed by atoms with E-state index in [9.17, 15) is 12.8 Å². The summed E-state index contributed by atoms with van der Waals surface area (Å²) in [6.07, 6.45) is 2.04. The van der Waals surface area contributed by atoms with Crippen molar-refractivity contribution in [1.82, 2.24) is 9.21 Å². The van der Waals surface area contributed by atoms with Crippen LogP contribution in [0, 0.1) is 12.7 Å². The standard InChI is InChI=1S/C14H22FN3O2S/c1-10-13(15)7-12(8-14(10)16)21(19,20)18(3)9-11-5-4-6-17(11)2/h7-8,11H,4-6,9,16H2,1-3H3. The van der Waals surface area contributed by atoms with Crippen LogP contribution in [0.3, 0.4) is 0 Å². The third-order valence-corrected chi connectivity index (χ3v) is 6.01. The van der Waals surface area contributed by atoms with E-state index in [0.717, 1.165) is 25.5 Å². The van der Waals surface area contributed by atoms with Crippen LogP contribution in [0.5, 0.6) is 0 Å². The van der Waals surface area contributed by atoms with E-state index >= 15 is 0 Å². The Labute approximate surface area is 125 Å². The number of likely N-dealkylation sites (N-methyl/N-ethyl adjacent to an activating group) is 2. The van der Waals surface area contributed by atoms with Crippen LogP contribution >= 0.6 is 0 Å². The molecule has 2 N–H and O–H groups in total. The maximum absolute atomic E-state index is 13.7. The van der Waals surface area contributed by atoms with Crippen LogP contribution < -0.4 is 5.73 Å². The minimum absolute atomic E-state index is 0.0914. The Morgan fingerprint density at radius 3 is 2.67 bits per heavy atom. The monoisotopic (exact) mass is 315 g/mol. The predicted octanol–water partition coefficient (Wildman–Crippen LogP) is 1.43. The Morgan fingerprint density at radius 1 is 1.48 bits per heavy atom. The third kappa shape index (κ3) is 3.20. The number of anilines is 1. The van der Waals surface area contributed by atoms with Crippen LogP contribution in [0.4, 0.5) is 10.1 Å². The van der Waals surface area contributed by atoms with E-state index in [0.29, 0.717) is 6.54 Å². The lowest BCUT2D eigenvalue weighted by Crippen LogP contribution is -2.39. The summed E-state index contributed by atoms with van der Waals surface area (Å²) in [5, 5.41) is 0. The Morgan fingerprint density at radius 2 is 2.14 bits per heavy atom. The Kier molecular flexibility index (Phi) is 4.55. The number of nitrogen functional groups attached to an aromatic ring is 1. The van der Waals surface area contributed by atoms with Crippen LogP contribution in [0.15, 0.2) is 17.0 Å². The van der Waals surface area contributed by atoms with Gasteiger partial charge in [0.05, 0.1) is 4.90 Å². The van der Waals surface area contributed by atoms with E-state index < -0.39 is 15.8 Å². The van der Waals surface area contributed by atoms with Crippen molar-refractivity contribution < 1.29 is 12.8 Å². The molecule has 0 aliphatic carbocycles. The smallest absolute Gasteiger partial charge is 0.243 e. The van der Waals surface area contributed by atoms with Crippen LogP contribution in [0.1, 0.15) is 18.4 Å². The molecule has 0 saturated carbocycles. The lowest BCUT2D eigenvalue weighted by Gasteiger charge is -2.25. The number of rotatable bonds is 4. The highest BCUT2D eigenvalue weighted by molar-refractivity contribution is 7.89. The van der Waals surface area contributed by atoms with E-state index in [1.807, 2.05) is 7.05 Å². The molecule has 1 saturated heterocycles. The highest BCUT2D eigenvalue weighted by atomic mass is 32.2. The van der Waals surface area contributed by atoms with Crippen LogP contribution in [0.25, 0.3) is 0 Å². The first-order valence-electron chi connectivity index (χ1n) is 6.95. The van der Waals surface area contributed by atoms with Crippen molar-refractivity contribution in [3.05, 3.63) is 23.5 Å². The SMILES string of the molecule is Cc1c(N)cc(S(=O)(=O)N(C)CC2CCCN2C)cc1F. The van der Waals surface area contributed by atoms with Gasteiger partial charge in [-0.25, -0.2) is 12.8 Å². The molecule has 0 bridgehead atoms. The summed E-state index contributed by atoms with van der Waals surface area (Å²) >= 11 is 0. The van der Waals surface area contributed by atoms with Gasteiger partial charge in [-0.2, -0.15) is 4.31 Å². The van der Waals surface area contributed by atoms with Crippen molar-refractivity contribution in [3.8, 4) is 0 Å². The molecule has 0 spiro atoms. The molecule has 1 unspecified atom stereocenters. The fourth-order valence-electron chi connectivity index (χ4n) is 2.61. The largest absolute Gasteiger partial charge is 0.398 e. The molecule has 1 aromatic rings. The van der Waals surface area contributed by atoms with E-state index in [1.54, 1.807) is 0 Å². The second-order valence-electron chi connectivity index (χ2n) is 5.68. The molecule has 1 atom stereocenters. The second kappa shape index (κ2) is 5.90. The van der Waals surface area contributed by atoms with E-state index in [-0.39, 0.29) is 22.2 Å². The van der Waals surface area contributed by atoms with Crippen molar-refractivity contribution in [3.63, 3.8) is 0 Å². The number of sulfonamides is 1. The Balaban J connectivity index is 2.25. The Bertz CT molecular complexity index is 610. The molecular formula is C14H22FN3O2S. The molecular weight excluding hydrogens is 293 g/mol. The minimum atomic E-state index is -3.72. The first-order valence-corrected chi connectivity index (χ1v) is 8.39. The van der Waals surface area contributed by atoms with E-state index in [2.05, 4.69) is 4.90 Å². The molecule has 0 radical (unpaired) electrons. The van der Waals surface area contributed by atoms with Gasteiger partial charge in [0.2, 0.25) is 10.0 Å². The molecule has 0 amide bonds. The summed E-state index contributed by atoms with van der Waals surface area (Å²) in [5.41, 5.74) is 6.10. The van der Waals surface area contributed by atoms with Gasteiger partial charge in [-0.1, -0.05) is 0 Å². The molecule has 7 heteroatoms. The van der Waals surface area contributed by atoms with Crippen LogP contribution in [-0.2, 0) is 10.0 Å². The van der Waals surface area contributed by atoms with Gasteiger partial charge in [0.25, 0.3) is 0 Å². The van der Waals surface area contributed by atoms with Crippen LogP contribution in [-0.4, -0.2) is 50.8 Å². The molecule has 1 aliphatic rings. The average Bonchev–Trinajstić information content (AvgIpc) is 2.80. The van der Waals surface area contributed by atoms with Gasteiger partial charge in [-0.05, 0) is 45.5 Å². The molecule has 118 valence electrons. The molecule has 1 aliphatic heterocycles. The number of hydrogen-bond donors (Lipinski definition) is 1. The van der Waals surface area contributed by atoms with E-state index in [1.165, 1.54) is 24.3 Å². The first-order chi connectivity index (χ1) is 9.73. The van der Waals surface area contributed by atoms with E-state index in [4.69, 9.17) is 5.73 Å². The first kappa shape index (κ1) is 16.2. The van der Waals surface area contributed by atoms with Crippen molar-refractivity contribution in [1.29, 1.82) is 0 Å². The quantitative estimate of drug-likeness (QED) is 0.854. The molecule has 1 fully saturated rings. The zero-order valence-corrected chi connectivity index (χ0v) is 13.5. The lowest BCUT2D eigenvalue weighted by atomic mass is 10.2. The number of benzene rings is 1. The third-order valence-electron chi connectivity index (χ3n) is 4.21. The molecule has 1 heterocycles. The fraction of sp³-hybridized carbons (Fsp3) is 0.571. The number of nitrogens with two attached hydrogens (primary N) is 1. The zero-order chi connectivity index (χ0) is 15.8. The van der Waals surface area contributed by atoms with Crippen molar-refractivity contribution >= 4 is 15.7 Å². The topological polar surface area (TPSA) is 66.6 Å². The number of halogens is 1. The maximum Gasteiger partial charge on any atom is 0.243 e. The minimum Gasteiger partial charge on any atom is -0.398 e. The second-order valence-corrected chi connectivity index (χ2v) is 7.73. The van der Waals surface area contributed by atoms with Gasteiger partial charge >= 0.3 is 0 Å². The number of hydrogen-bond acceptors (Lipinski definition) is 4. The summed E-state index contributed by atoms with van der Waals surface area (Å²) in [5.74, 6) is -0.597. The predicted molar refractivity (Wildman–Crippen MR) is 81.0 cm³/mol. The normalized spacial score (nSPS) is 20.3. The molecule has 5 nitrogen and oxygen atoms in total. The van der Waals surface area contributed by atoms with Crippen LogP contribution in [0.2, 0.25) is 0 Å². The summed E-state index contributed by atoms with van der Waals surface area (Å²) in [6.45, 7) is 2.90. The highest BCUT2D eigenvalue weighted by Crippen LogP contribution is 2.24. The average molecular weight is 315 g/mol. The van der Waals surface area contributed by atoms with Gasteiger partial charge < -0.3 is 10.6 Å².